The van der Waals surface area contributed by atoms with Crippen LogP contribution in [0.2, 0.25) is 0 Å². The third kappa shape index (κ3) is 4.35. The molecule has 3 N–H and O–H groups in total. The van der Waals surface area contributed by atoms with Gasteiger partial charge in [0.2, 0.25) is 0 Å². The van der Waals surface area contributed by atoms with Crippen molar-refractivity contribution in [1.82, 2.24) is 10.2 Å². The van der Waals surface area contributed by atoms with Crippen molar-refractivity contribution >= 4 is 11.9 Å². The molecule has 6 nitrogen and oxygen atoms in total. The van der Waals surface area contributed by atoms with Gasteiger partial charge in [0.05, 0.1) is 6.54 Å². The quantitative estimate of drug-likeness (QED) is 0.651. The molecule has 1 amide bonds. The second-order valence-corrected chi connectivity index (χ2v) is 7.47. The first-order chi connectivity index (χ1) is 12.1. The van der Waals surface area contributed by atoms with Crippen molar-refractivity contribution in [2.24, 2.45) is 16.1 Å². The van der Waals surface area contributed by atoms with E-state index in [0.717, 1.165) is 19.0 Å². The Morgan fingerprint density at radius 3 is 2.60 bits per heavy atom. The standard InChI is InChI=1S/C19H30N4O2/c1-21-18(22-13-15-7-8-16(25-15)17(20)24)23-12-6-11-19(14-23)9-4-2-3-5-10-19/h7-8H,2-6,9-14H2,1H3,(H2,20,24)(H,21,22). The number of guanidine groups is 1. The third-order valence-corrected chi connectivity index (χ3v) is 5.66. The molecular weight excluding hydrogens is 316 g/mol. The Bertz CT molecular complexity index is 615. The van der Waals surface area contributed by atoms with E-state index in [-0.39, 0.29) is 5.76 Å². The van der Waals surface area contributed by atoms with Crippen LogP contribution in [0, 0.1) is 5.41 Å². The molecule has 0 aromatic carbocycles. The van der Waals surface area contributed by atoms with Crippen LogP contribution in [0.4, 0.5) is 0 Å². The summed E-state index contributed by atoms with van der Waals surface area (Å²) in [6, 6.07) is 3.40. The van der Waals surface area contributed by atoms with Crippen LogP contribution in [-0.2, 0) is 6.54 Å². The minimum Gasteiger partial charge on any atom is -0.454 e. The molecule has 0 unspecified atom stereocenters. The van der Waals surface area contributed by atoms with Gasteiger partial charge in [-0.1, -0.05) is 25.7 Å². The van der Waals surface area contributed by atoms with Gasteiger partial charge in [0.25, 0.3) is 5.91 Å². The number of nitrogens with two attached hydrogens (primary N) is 1. The number of piperidine rings is 1. The number of rotatable bonds is 3. The van der Waals surface area contributed by atoms with Gasteiger partial charge in [-0.25, -0.2) is 0 Å². The molecule has 1 saturated heterocycles. The van der Waals surface area contributed by atoms with E-state index >= 15 is 0 Å². The molecule has 1 saturated carbocycles. The number of furan rings is 1. The molecule has 0 radical (unpaired) electrons. The zero-order chi connectivity index (χ0) is 17.7. The molecule has 0 bridgehead atoms. The van der Waals surface area contributed by atoms with E-state index in [1.54, 1.807) is 12.1 Å². The summed E-state index contributed by atoms with van der Waals surface area (Å²) in [6.07, 6.45) is 10.8. The maximum atomic E-state index is 11.1. The predicted molar refractivity (Wildman–Crippen MR) is 98.4 cm³/mol. The monoisotopic (exact) mass is 346 g/mol. The Morgan fingerprint density at radius 2 is 1.96 bits per heavy atom. The van der Waals surface area contributed by atoms with Gasteiger partial charge in [-0.3, -0.25) is 9.79 Å². The van der Waals surface area contributed by atoms with Crippen molar-refractivity contribution < 1.29 is 9.21 Å². The van der Waals surface area contributed by atoms with Gasteiger partial charge < -0.3 is 20.4 Å². The second kappa shape index (κ2) is 7.93. The zero-order valence-corrected chi connectivity index (χ0v) is 15.2. The van der Waals surface area contributed by atoms with Crippen molar-refractivity contribution in [3.05, 3.63) is 23.7 Å². The van der Waals surface area contributed by atoms with Crippen LogP contribution in [0.25, 0.3) is 0 Å². The van der Waals surface area contributed by atoms with Gasteiger partial charge >= 0.3 is 0 Å². The molecule has 2 aliphatic rings. The summed E-state index contributed by atoms with van der Waals surface area (Å²) in [5.74, 6) is 1.26. The van der Waals surface area contributed by atoms with Crippen molar-refractivity contribution in [2.75, 3.05) is 20.1 Å². The molecule has 1 spiro atoms. The number of hydrogen-bond acceptors (Lipinski definition) is 3. The fraction of sp³-hybridized carbons (Fsp3) is 0.684. The van der Waals surface area contributed by atoms with Gasteiger partial charge in [-0.15, -0.1) is 0 Å². The van der Waals surface area contributed by atoms with E-state index in [4.69, 9.17) is 10.2 Å². The normalized spacial score (nSPS) is 21.2. The zero-order valence-electron chi connectivity index (χ0n) is 15.2. The van der Waals surface area contributed by atoms with Gasteiger partial charge in [0.1, 0.15) is 5.76 Å². The lowest BCUT2D eigenvalue weighted by Crippen LogP contribution is -2.50. The topological polar surface area (TPSA) is 83.9 Å². The molecule has 25 heavy (non-hydrogen) atoms. The molecule has 1 aliphatic heterocycles. The Hall–Kier alpha value is -1.98. The largest absolute Gasteiger partial charge is 0.454 e. The Labute approximate surface area is 149 Å². The van der Waals surface area contributed by atoms with Gasteiger partial charge in [0.15, 0.2) is 11.7 Å². The number of likely N-dealkylation sites (tertiary alicyclic amines) is 1. The SMILES string of the molecule is CN=C(NCc1ccc(C(N)=O)o1)N1CCCC2(CCCCCC2)C1. The van der Waals surface area contributed by atoms with Crippen molar-refractivity contribution in [2.45, 2.75) is 57.9 Å². The minimum absolute atomic E-state index is 0.196. The van der Waals surface area contributed by atoms with E-state index in [1.165, 1.54) is 51.4 Å². The number of amides is 1. The first kappa shape index (κ1) is 17.8. The van der Waals surface area contributed by atoms with E-state index in [0.29, 0.717) is 17.7 Å². The smallest absolute Gasteiger partial charge is 0.284 e. The highest BCUT2D eigenvalue weighted by atomic mass is 16.3. The molecule has 1 aromatic rings. The van der Waals surface area contributed by atoms with Crippen LogP contribution >= 0.6 is 0 Å². The van der Waals surface area contributed by atoms with Crippen LogP contribution in [0.1, 0.15) is 67.7 Å². The molecule has 6 heteroatoms. The molecule has 2 heterocycles. The fourth-order valence-electron chi connectivity index (χ4n) is 4.38. The molecule has 2 fully saturated rings. The first-order valence-electron chi connectivity index (χ1n) is 9.46. The summed E-state index contributed by atoms with van der Waals surface area (Å²) in [7, 11) is 1.83. The Morgan fingerprint density at radius 1 is 1.24 bits per heavy atom. The van der Waals surface area contributed by atoms with E-state index < -0.39 is 5.91 Å². The summed E-state index contributed by atoms with van der Waals surface area (Å²) >= 11 is 0. The highest BCUT2D eigenvalue weighted by Crippen LogP contribution is 2.42. The Kier molecular flexibility index (Phi) is 5.66. The molecule has 1 aliphatic carbocycles. The summed E-state index contributed by atoms with van der Waals surface area (Å²) in [5, 5.41) is 3.38. The number of aliphatic imine (C=N–C) groups is 1. The molecule has 1 aromatic heterocycles. The molecule has 3 rings (SSSR count). The second-order valence-electron chi connectivity index (χ2n) is 7.47. The number of hydrogen-bond donors (Lipinski definition) is 2. The fourth-order valence-corrected chi connectivity index (χ4v) is 4.38. The average Bonchev–Trinajstić information content (AvgIpc) is 2.98. The van der Waals surface area contributed by atoms with Crippen LogP contribution in [0.15, 0.2) is 21.5 Å². The highest BCUT2D eigenvalue weighted by Gasteiger charge is 2.36. The number of carbonyl (C=O) groups is 1. The van der Waals surface area contributed by atoms with Gasteiger partial charge in [-0.05, 0) is 43.2 Å². The summed E-state index contributed by atoms with van der Waals surface area (Å²) in [5.41, 5.74) is 5.70. The molecule has 0 atom stereocenters. The third-order valence-electron chi connectivity index (χ3n) is 5.66. The lowest BCUT2D eigenvalue weighted by Gasteiger charge is -2.44. The van der Waals surface area contributed by atoms with Gasteiger partial charge in [-0.2, -0.15) is 0 Å². The lowest BCUT2D eigenvalue weighted by atomic mass is 9.74. The van der Waals surface area contributed by atoms with Gasteiger partial charge in [0, 0.05) is 20.1 Å². The van der Waals surface area contributed by atoms with Crippen LogP contribution in [0.3, 0.4) is 0 Å². The number of nitrogens with one attached hydrogen (secondary N) is 1. The summed E-state index contributed by atoms with van der Waals surface area (Å²) < 4.78 is 5.44. The van der Waals surface area contributed by atoms with Crippen LogP contribution in [0.5, 0.6) is 0 Å². The van der Waals surface area contributed by atoms with Crippen molar-refractivity contribution in [3.63, 3.8) is 0 Å². The van der Waals surface area contributed by atoms with Crippen molar-refractivity contribution in [3.8, 4) is 0 Å². The van der Waals surface area contributed by atoms with E-state index in [2.05, 4.69) is 15.2 Å². The van der Waals surface area contributed by atoms with E-state index in [9.17, 15) is 4.79 Å². The lowest BCUT2D eigenvalue weighted by molar-refractivity contribution is 0.0972. The number of carbonyl (C=O) groups excluding carboxylic acids is 1. The minimum atomic E-state index is -0.540. The van der Waals surface area contributed by atoms with Crippen LogP contribution in [-0.4, -0.2) is 36.9 Å². The first-order valence-corrected chi connectivity index (χ1v) is 9.46. The maximum absolute atomic E-state index is 11.1. The number of primary amides is 1. The molecular formula is C19H30N4O2. The summed E-state index contributed by atoms with van der Waals surface area (Å²) in [4.78, 5) is 18.0. The summed E-state index contributed by atoms with van der Waals surface area (Å²) in [6.45, 7) is 2.65. The van der Waals surface area contributed by atoms with E-state index in [1.807, 2.05) is 7.05 Å². The highest BCUT2D eigenvalue weighted by molar-refractivity contribution is 5.89. The van der Waals surface area contributed by atoms with Crippen molar-refractivity contribution in [1.29, 1.82) is 0 Å². The average molecular weight is 346 g/mol. The predicted octanol–water partition coefficient (Wildman–Crippen LogP) is 2.89. The maximum Gasteiger partial charge on any atom is 0.284 e. The number of nitrogens with zero attached hydrogens (tertiary/aromatic N) is 2. The Balaban J connectivity index is 1.60. The molecule has 138 valence electrons. The van der Waals surface area contributed by atoms with Crippen LogP contribution < -0.4 is 11.1 Å².